The van der Waals surface area contributed by atoms with Crippen LogP contribution in [-0.2, 0) is 10.0 Å². The first kappa shape index (κ1) is 15.1. The van der Waals surface area contributed by atoms with E-state index in [1.165, 1.54) is 19.3 Å². The molecule has 0 fully saturated rings. The van der Waals surface area contributed by atoms with E-state index in [-0.39, 0.29) is 10.6 Å². The van der Waals surface area contributed by atoms with Gasteiger partial charge in [0.2, 0.25) is 0 Å². The molecule has 0 bridgehead atoms. The van der Waals surface area contributed by atoms with E-state index in [0.717, 1.165) is 4.31 Å². The zero-order valence-electron chi connectivity index (χ0n) is 12.4. The molecule has 0 aliphatic heterocycles. The second-order valence-corrected chi connectivity index (χ2v) is 6.71. The minimum absolute atomic E-state index is 0.0842. The maximum absolute atomic E-state index is 12.8. The third kappa shape index (κ3) is 3.04. The number of hydrogen-bond donors (Lipinski definition) is 1. The summed E-state index contributed by atoms with van der Waals surface area (Å²) in [5.41, 5.74) is 0. The summed E-state index contributed by atoms with van der Waals surface area (Å²) in [6.07, 6.45) is 1.49. The Morgan fingerprint density at radius 1 is 1.00 bits per heavy atom. The number of aromatic amines is 1. The van der Waals surface area contributed by atoms with Crippen molar-refractivity contribution in [1.82, 2.24) is 10.2 Å². The van der Waals surface area contributed by atoms with E-state index in [9.17, 15) is 8.42 Å². The van der Waals surface area contributed by atoms with Crippen LogP contribution in [0.15, 0.2) is 71.8 Å². The molecule has 0 aliphatic carbocycles. The number of rotatable bonds is 5. The van der Waals surface area contributed by atoms with E-state index >= 15 is 0 Å². The van der Waals surface area contributed by atoms with Crippen LogP contribution in [-0.4, -0.2) is 25.7 Å². The van der Waals surface area contributed by atoms with Gasteiger partial charge in [-0.3, -0.25) is 9.40 Å². The highest BCUT2D eigenvalue weighted by molar-refractivity contribution is 7.92. The van der Waals surface area contributed by atoms with Gasteiger partial charge in [0.15, 0.2) is 0 Å². The molecule has 3 rings (SSSR count). The molecule has 0 atom stereocenters. The van der Waals surface area contributed by atoms with E-state index < -0.39 is 10.0 Å². The van der Waals surface area contributed by atoms with Crippen LogP contribution in [0.2, 0.25) is 0 Å². The zero-order valence-corrected chi connectivity index (χ0v) is 13.2. The number of benzene rings is 2. The molecule has 3 aromatic rings. The molecular weight excluding hydrogens is 314 g/mol. The maximum atomic E-state index is 12.8. The molecule has 0 spiro atoms. The van der Waals surface area contributed by atoms with Gasteiger partial charge in [0, 0.05) is 13.1 Å². The fraction of sp³-hybridized carbons (Fsp3) is 0.0625. The van der Waals surface area contributed by atoms with Crippen LogP contribution in [0.1, 0.15) is 0 Å². The molecule has 0 radical (unpaired) electrons. The van der Waals surface area contributed by atoms with Crippen molar-refractivity contribution >= 4 is 15.8 Å². The summed E-state index contributed by atoms with van der Waals surface area (Å²) < 4.78 is 32.5. The van der Waals surface area contributed by atoms with Gasteiger partial charge in [-0.25, -0.2) is 8.42 Å². The molecule has 118 valence electrons. The number of para-hydroxylation sites is 2. The summed E-state index contributed by atoms with van der Waals surface area (Å²) in [5, 5.41) is 6.42. The first-order valence-electron chi connectivity index (χ1n) is 6.89. The first-order valence-corrected chi connectivity index (χ1v) is 8.33. The van der Waals surface area contributed by atoms with Crippen LogP contribution in [0, 0.1) is 0 Å². The molecular formula is C16H15N3O3S. The average Bonchev–Trinajstić information content (AvgIpc) is 3.10. The highest BCUT2D eigenvalue weighted by Gasteiger charge is 2.26. The van der Waals surface area contributed by atoms with Crippen molar-refractivity contribution in [2.75, 3.05) is 11.4 Å². The molecule has 6 nitrogen and oxygen atoms in total. The second-order valence-electron chi connectivity index (χ2n) is 4.78. The summed E-state index contributed by atoms with van der Waals surface area (Å²) in [6, 6.07) is 17.1. The lowest BCUT2D eigenvalue weighted by molar-refractivity contribution is 0.467. The fourth-order valence-corrected chi connectivity index (χ4v) is 3.33. The maximum Gasteiger partial charge on any atom is 0.268 e. The quantitative estimate of drug-likeness (QED) is 0.781. The average molecular weight is 329 g/mol. The first-order chi connectivity index (χ1) is 11.1. The van der Waals surface area contributed by atoms with Crippen molar-refractivity contribution in [1.29, 1.82) is 0 Å². The lowest BCUT2D eigenvalue weighted by atomic mass is 10.3. The summed E-state index contributed by atoms with van der Waals surface area (Å²) in [4.78, 5) is 0.0842. The second kappa shape index (κ2) is 6.13. The van der Waals surface area contributed by atoms with Crippen molar-refractivity contribution in [3.8, 4) is 11.5 Å². The van der Waals surface area contributed by atoms with Gasteiger partial charge in [0.05, 0.1) is 6.20 Å². The third-order valence-electron chi connectivity index (χ3n) is 3.28. The van der Waals surface area contributed by atoms with Crippen LogP contribution in [0.5, 0.6) is 11.5 Å². The van der Waals surface area contributed by atoms with Crippen molar-refractivity contribution in [2.45, 2.75) is 4.90 Å². The Balaban J connectivity index is 2.00. The summed E-state index contributed by atoms with van der Waals surface area (Å²) >= 11 is 0. The van der Waals surface area contributed by atoms with Gasteiger partial charge in [0.1, 0.15) is 22.2 Å². The van der Waals surface area contributed by atoms with Crippen molar-refractivity contribution in [3.63, 3.8) is 0 Å². The minimum atomic E-state index is -3.78. The van der Waals surface area contributed by atoms with Crippen LogP contribution in [0.25, 0.3) is 0 Å². The monoisotopic (exact) mass is 329 g/mol. The number of nitrogens with zero attached hydrogens (tertiary/aromatic N) is 2. The van der Waals surface area contributed by atoms with Gasteiger partial charge < -0.3 is 4.74 Å². The molecule has 2 aromatic carbocycles. The van der Waals surface area contributed by atoms with Crippen molar-refractivity contribution in [2.24, 2.45) is 0 Å². The fourth-order valence-electron chi connectivity index (χ4n) is 2.06. The van der Waals surface area contributed by atoms with Gasteiger partial charge in [-0.1, -0.05) is 30.3 Å². The number of sulfonamides is 1. The lowest BCUT2D eigenvalue weighted by Gasteiger charge is -2.19. The number of nitrogens with one attached hydrogen (secondary N) is 1. The minimum Gasteiger partial charge on any atom is -0.456 e. The van der Waals surface area contributed by atoms with Crippen molar-refractivity contribution < 1.29 is 13.2 Å². The number of H-pyrrole nitrogens is 1. The van der Waals surface area contributed by atoms with E-state index in [1.807, 2.05) is 18.2 Å². The Labute approximate surface area is 134 Å². The Hall–Kier alpha value is -2.80. The van der Waals surface area contributed by atoms with Crippen molar-refractivity contribution in [3.05, 3.63) is 66.9 Å². The summed E-state index contributed by atoms with van der Waals surface area (Å²) in [7, 11) is -2.32. The van der Waals surface area contributed by atoms with E-state index in [0.29, 0.717) is 11.6 Å². The summed E-state index contributed by atoms with van der Waals surface area (Å²) in [5.74, 6) is 1.21. The molecule has 1 N–H and O–H groups in total. The molecule has 1 heterocycles. The molecule has 0 unspecified atom stereocenters. The predicted molar refractivity (Wildman–Crippen MR) is 87.1 cm³/mol. The number of hydrogen-bond acceptors (Lipinski definition) is 4. The standard InChI is InChI=1S/C16H15N3O3S/c1-19(16-11-12-17-18-16)23(20,21)15-10-6-5-9-14(15)22-13-7-3-2-4-8-13/h2-12H,1H3,(H,17,18). The Morgan fingerprint density at radius 2 is 1.70 bits per heavy atom. The predicted octanol–water partition coefficient (Wildman–Crippen LogP) is 3.03. The lowest BCUT2D eigenvalue weighted by Crippen LogP contribution is -2.27. The smallest absolute Gasteiger partial charge is 0.268 e. The normalized spacial score (nSPS) is 11.2. The van der Waals surface area contributed by atoms with Gasteiger partial charge in [-0.05, 0) is 24.3 Å². The Kier molecular flexibility index (Phi) is 4.03. The Bertz CT molecular complexity index is 878. The van der Waals surface area contributed by atoms with Gasteiger partial charge in [-0.2, -0.15) is 5.10 Å². The molecule has 0 aliphatic rings. The SMILES string of the molecule is CN(c1ccn[nH]1)S(=O)(=O)c1ccccc1Oc1ccccc1. The zero-order chi connectivity index (χ0) is 16.3. The number of aromatic nitrogens is 2. The molecule has 0 saturated carbocycles. The highest BCUT2D eigenvalue weighted by atomic mass is 32.2. The molecule has 23 heavy (non-hydrogen) atoms. The Morgan fingerprint density at radius 3 is 2.39 bits per heavy atom. The van der Waals surface area contributed by atoms with Crippen LogP contribution in [0.3, 0.4) is 0 Å². The molecule has 0 saturated heterocycles. The number of ether oxygens (including phenoxy) is 1. The molecule has 0 amide bonds. The van der Waals surface area contributed by atoms with E-state index in [2.05, 4.69) is 10.2 Å². The van der Waals surface area contributed by atoms with E-state index in [1.54, 1.807) is 36.4 Å². The third-order valence-corrected chi connectivity index (χ3v) is 5.09. The van der Waals surface area contributed by atoms with E-state index in [4.69, 9.17) is 4.74 Å². The summed E-state index contributed by atoms with van der Waals surface area (Å²) in [6.45, 7) is 0. The molecule has 7 heteroatoms. The van der Waals surface area contributed by atoms with Gasteiger partial charge in [-0.15, -0.1) is 0 Å². The van der Waals surface area contributed by atoms with Gasteiger partial charge in [0.25, 0.3) is 10.0 Å². The van der Waals surface area contributed by atoms with Crippen LogP contribution in [0.4, 0.5) is 5.82 Å². The number of anilines is 1. The molecule has 1 aromatic heterocycles. The largest absolute Gasteiger partial charge is 0.456 e. The highest BCUT2D eigenvalue weighted by Crippen LogP contribution is 2.31. The van der Waals surface area contributed by atoms with Crippen LogP contribution >= 0.6 is 0 Å². The topological polar surface area (TPSA) is 75.3 Å². The van der Waals surface area contributed by atoms with Gasteiger partial charge >= 0.3 is 0 Å². The van der Waals surface area contributed by atoms with Crippen LogP contribution < -0.4 is 9.04 Å².